The van der Waals surface area contributed by atoms with Crippen LogP contribution in [0.2, 0.25) is 0 Å². The monoisotopic (exact) mass is 560 g/mol. The Kier molecular flexibility index (Phi) is 8.62. The maximum atomic E-state index is 13.6. The number of aryl methyl sites for hydroxylation is 3. The van der Waals surface area contributed by atoms with Gasteiger partial charge in [0.2, 0.25) is 0 Å². The highest BCUT2D eigenvalue weighted by Crippen LogP contribution is 2.26. The van der Waals surface area contributed by atoms with E-state index in [1.807, 2.05) is 57.4 Å². The summed E-state index contributed by atoms with van der Waals surface area (Å²) in [7, 11) is -4.00. The summed E-state index contributed by atoms with van der Waals surface area (Å²) in [5, 5.41) is 4.14. The Labute approximate surface area is 234 Å². The van der Waals surface area contributed by atoms with Gasteiger partial charge in [0.1, 0.15) is 6.54 Å². The van der Waals surface area contributed by atoms with Crippen LogP contribution in [0.4, 0.5) is 5.69 Å². The van der Waals surface area contributed by atoms with Crippen molar-refractivity contribution in [1.82, 2.24) is 9.99 Å². The van der Waals surface area contributed by atoms with E-state index in [2.05, 4.69) is 34.2 Å². The molecule has 0 aliphatic heterocycles. The molecular weight excluding hydrogens is 528 g/mol. The maximum absolute atomic E-state index is 13.6. The fourth-order valence-electron chi connectivity index (χ4n) is 4.32. The third-order valence-electron chi connectivity index (χ3n) is 6.38. The van der Waals surface area contributed by atoms with Gasteiger partial charge >= 0.3 is 0 Å². The Balaban J connectivity index is 1.55. The van der Waals surface area contributed by atoms with Gasteiger partial charge in [-0.1, -0.05) is 29.8 Å². The van der Waals surface area contributed by atoms with Crippen molar-refractivity contribution in [1.29, 1.82) is 0 Å². The molecule has 1 N–H and O–H groups in total. The molecule has 39 heavy (non-hydrogen) atoms. The number of aromatic nitrogens is 1. The third kappa shape index (κ3) is 6.43. The van der Waals surface area contributed by atoms with Crippen molar-refractivity contribution in [2.24, 2.45) is 5.10 Å². The van der Waals surface area contributed by atoms with Crippen LogP contribution >= 0.6 is 11.8 Å². The van der Waals surface area contributed by atoms with E-state index in [4.69, 9.17) is 0 Å². The number of nitrogens with zero attached hydrogens (tertiary/aromatic N) is 3. The minimum absolute atomic E-state index is 0.112. The van der Waals surface area contributed by atoms with E-state index in [0.717, 1.165) is 43.0 Å². The number of sulfonamides is 1. The molecule has 0 aliphatic rings. The second-order valence-electron chi connectivity index (χ2n) is 9.32. The highest BCUT2D eigenvalue weighted by molar-refractivity contribution is 7.98. The van der Waals surface area contributed by atoms with Gasteiger partial charge in [-0.2, -0.15) is 5.10 Å². The molecule has 7 nitrogen and oxygen atoms in total. The molecule has 0 bridgehead atoms. The SMILES string of the molecule is CSc1ccc(S(=O)(=O)N(CC(=O)N/N=C\c2cc(C)n(-c3cccc(C)c3)c2C)c2ccc(C)cc2)cc1. The molecule has 4 rings (SSSR count). The van der Waals surface area contributed by atoms with E-state index in [0.29, 0.717) is 5.69 Å². The second-order valence-corrected chi connectivity index (χ2v) is 12.1. The summed E-state index contributed by atoms with van der Waals surface area (Å²) in [6.45, 7) is 7.55. The van der Waals surface area contributed by atoms with Gasteiger partial charge in [0, 0.05) is 27.5 Å². The average Bonchev–Trinajstić information content (AvgIpc) is 3.20. The summed E-state index contributed by atoms with van der Waals surface area (Å²) in [6, 6.07) is 23.9. The van der Waals surface area contributed by atoms with Gasteiger partial charge in [0.05, 0.1) is 16.8 Å². The number of hydrazone groups is 1. The quantitative estimate of drug-likeness (QED) is 0.160. The molecule has 0 saturated carbocycles. The van der Waals surface area contributed by atoms with E-state index in [-0.39, 0.29) is 4.90 Å². The fourth-order valence-corrected chi connectivity index (χ4v) is 6.15. The first kappa shape index (κ1) is 28.2. The molecule has 0 radical (unpaired) electrons. The van der Waals surface area contributed by atoms with Gasteiger partial charge in [0.15, 0.2) is 0 Å². The van der Waals surface area contributed by atoms with Crippen LogP contribution in [0.1, 0.15) is 28.1 Å². The Bertz CT molecular complexity index is 1610. The number of thioether (sulfide) groups is 1. The van der Waals surface area contributed by atoms with Crippen molar-refractivity contribution in [2.75, 3.05) is 17.1 Å². The molecule has 0 spiro atoms. The second kappa shape index (κ2) is 11.9. The van der Waals surface area contributed by atoms with Crippen molar-refractivity contribution in [2.45, 2.75) is 37.5 Å². The zero-order valence-corrected chi connectivity index (χ0v) is 24.3. The van der Waals surface area contributed by atoms with Crippen LogP contribution in [-0.4, -0.2) is 37.9 Å². The lowest BCUT2D eigenvalue weighted by molar-refractivity contribution is -0.119. The summed E-state index contributed by atoms with van der Waals surface area (Å²) in [4.78, 5) is 14.0. The van der Waals surface area contributed by atoms with Gasteiger partial charge in [0.25, 0.3) is 15.9 Å². The molecule has 0 atom stereocenters. The minimum Gasteiger partial charge on any atom is -0.318 e. The van der Waals surface area contributed by atoms with Crippen LogP contribution < -0.4 is 9.73 Å². The average molecular weight is 561 g/mol. The summed E-state index contributed by atoms with van der Waals surface area (Å²) in [5.41, 5.74) is 8.97. The van der Waals surface area contributed by atoms with Crippen molar-refractivity contribution in [3.63, 3.8) is 0 Å². The van der Waals surface area contributed by atoms with Crippen molar-refractivity contribution >= 4 is 39.6 Å². The Morgan fingerprint density at radius 3 is 2.28 bits per heavy atom. The highest BCUT2D eigenvalue weighted by atomic mass is 32.2. The summed E-state index contributed by atoms with van der Waals surface area (Å²) in [5.74, 6) is -0.552. The van der Waals surface area contributed by atoms with E-state index >= 15 is 0 Å². The minimum atomic E-state index is -4.00. The van der Waals surface area contributed by atoms with Gasteiger partial charge in [-0.25, -0.2) is 13.8 Å². The van der Waals surface area contributed by atoms with Crippen molar-refractivity contribution < 1.29 is 13.2 Å². The molecule has 0 saturated heterocycles. The lowest BCUT2D eigenvalue weighted by Crippen LogP contribution is -2.39. The Morgan fingerprint density at radius 1 is 0.949 bits per heavy atom. The van der Waals surface area contributed by atoms with Crippen LogP contribution in [0.15, 0.2) is 93.8 Å². The first-order valence-electron chi connectivity index (χ1n) is 12.4. The normalized spacial score (nSPS) is 11.6. The molecule has 4 aromatic rings. The van der Waals surface area contributed by atoms with Crippen LogP contribution in [0, 0.1) is 27.7 Å². The van der Waals surface area contributed by atoms with Gasteiger partial charge in [-0.15, -0.1) is 11.8 Å². The molecule has 9 heteroatoms. The standard InChI is InChI=1S/C30H32N4O3S2/c1-21-9-11-26(12-10-21)33(39(36,37)29-15-13-28(38-5)14-16-29)20-30(35)32-31-19-25-18-23(3)34(24(25)4)27-8-6-7-22(2)17-27/h6-19H,20H2,1-5H3,(H,32,35)/b31-19-. The van der Waals surface area contributed by atoms with Gasteiger partial charge in [-0.05, 0) is 94.1 Å². The van der Waals surface area contributed by atoms with Gasteiger partial charge < -0.3 is 4.57 Å². The molecule has 1 aromatic heterocycles. The number of carbonyl (C=O) groups is 1. The Hall–Kier alpha value is -3.82. The van der Waals surface area contributed by atoms with Gasteiger partial charge in [-0.3, -0.25) is 9.10 Å². The number of hydrogen-bond acceptors (Lipinski definition) is 5. The molecule has 202 valence electrons. The first-order chi connectivity index (χ1) is 18.6. The highest BCUT2D eigenvalue weighted by Gasteiger charge is 2.27. The van der Waals surface area contributed by atoms with Crippen LogP contribution in [0.3, 0.4) is 0 Å². The molecule has 3 aromatic carbocycles. The summed E-state index contributed by atoms with van der Waals surface area (Å²) in [6.07, 6.45) is 3.51. The molecule has 0 unspecified atom stereocenters. The van der Waals surface area contributed by atoms with Crippen LogP contribution in [0.25, 0.3) is 5.69 Å². The fraction of sp³-hybridized carbons (Fsp3) is 0.200. The van der Waals surface area contributed by atoms with Crippen molar-refractivity contribution in [3.8, 4) is 5.69 Å². The predicted molar refractivity (Wildman–Crippen MR) is 160 cm³/mol. The van der Waals surface area contributed by atoms with E-state index < -0.39 is 22.5 Å². The predicted octanol–water partition coefficient (Wildman–Crippen LogP) is 5.78. The van der Waals surface area contributed by atoms with Crippen LogP contribution in [0.5, 0.6) is 0 Å². The maximum Gasteiger partial charge on any atom is 0.264 e. The largest absolute Gasteiger partial charge is 0.318 e. The smallest absolute Gasteiger partial charge is 0.264 e. The first-order valence-corrected chi connectivity index (χ1v) is 15.1. The number of anilines is 1. The topological polar surface area (TPSA) is 83.8 Å². The van der Waals surface area contributed by atoms with Crippen LogP contribution in [-0.2, 0) is 14.8 Å². The summed E-state index contributed by atoms with van der Waals surface area (Å²) < 4.78 is 30.4. The van der Waals surface area contributed by atoms with E-state index in [1.54, 1.807) is 42.6 Å². The number of rotatable bonds is 9. The lowest BCUT2D eigenvalue weighted by atomic mass is 10.2. The summed E-state index contributed by atoms with van der Waals surface area (Å²) >= 11 is 1.52. The number of benzene rings is 3. The number of carbonyl (C=O) groups excluding carboxylic acids is 1. The number of amides is 1. The zero-order chi connectivity index (χ0) is 28.2. The zero-order valence-electron chi connectivity index (χ0n) is 22.7. The lowest BCUT2D eigenvalue weighted by Gasteiger charge is -2.24. The molecular formula is C30H32N4O3S2. The Morgan fingerprint density at radius 2 is 1.64 bits per heavy atom. The molecule has 1 amide bonds. The van der Waals surface area contributed by atoms with Crippen molar-refractivity contribution in [3.05, 3.63) is 107 Å². The number of nitrogens with one attached hydrogen (secondary N) is 1. The third-order valence-corrected chi connectivity index (χ3v) is 8.91. The molecule has 0 fully saturated rings. The number of hydrogen-bond donors (Lipinski definition) is 1. The van der Waals surface area contributed by atoms with E-state index in [1.165, 1.54) is 11.8 Å². The molecule has 0 aliphatic carbocycles. The van der Waals surface area contributed by atoms with E-state index in [9.17, 15) is 13.2 Å². The molecule has 1 heterocycles.